The molecule has 0 radical (unpaired) electrons. The minimum atomic E-state index is 0.557. The highest BCUT2D eigenvalue weighted by molar-refractivity contribution is 5.46. The smallest absolute Gasteiger partial charge is 0.203 e. The van der Waals surface area contributed by atoms with E-state index in [1.54, 1.807) is 6.07 Å². The van der Waals surface area contributed by atoms with Crippen molar-refractivity contribution in [3.63, 3.8) is 0 Å². The number of hydrogen-bond donors (Lipinski definition) is 1. The number of H-pyrrole nitrogens is 1. The van der Waals surface area contributed by atoms with Gasteiger partial charge in [0.05, 0.1) is 0 Å². The summed E-state index contributed by atoms with van der Waals surface area (Å²) < 4.78 is 4.84. The fourth-order valence-corrected chi connectivity index (χ4v) is 0.804. The molecular weight excluding hydrogens is 144 g/mol. The van der Waals surface area contributed by atoms with Crippen LogP contribution in [0.2, 0.25) is 0 Å². The molecule has 5 heteroatoms. The van der Waals surface area contributed by atoms with Crippen LogP contribution in [0.15, 0.2) is 16.9 Å². The van der Waals surface area contributed by atoms with Crippen molar-refractivity contribution in [2.45, 2.75) is 6.92 Å². The summed E-state index contributed by atoms with van der Waals surface area (Å²) in [4.78, 5) is 3.91. The average Bonchev–Trinajstić information content (AvgIpc) is 2.55. The van der Waals surface area contributed by atoms with E-state index >= 15 is 0 Å². The zero-order valence-electron chi connectivity index (χ0n) is 5.90. The molecule has 0 bridgehead atoms. The van der Waals surface area contributed by atoms with Crippen molar-refractivity contribution in [1.29, 1.82) is 0 Å². The summed E-state index contributed by atoms with van der Waals surface area (Å²) in [5, 5.41) is 10.2. The van der Waals surface area contributed by atoms with Crippen LogP contribution in [0.3, 0.4) is 0 Å². The molecule has 0 aliphatic carbocycles. The molecular formula is C6H6N4O. The Morgan fingerprint density at radius 1 is 1.55 bits per heavy atom. The van der Waals surface area contributed by atoms with Gasteiger partial charge in [-0.25, -0.2) is 4.98 Å². The van der Waals surface area contributed by atoms with E-state index in [0.717, 1.165) is 5.76 Å². The van der Waals surface area contributed by atoms with Crippen LogP contribution in [0, 0.1) is 6.92 Å². The van der Waals surface area contributed by atoms with E-state index in [0.29, 0.717) is 11.5 Å². The predicted octanol–water partition coefficient (Wildman–Crippen LogP) is 0.768. The number of nitrogens with one attached hydrogen (secondary N) is 1. The van der Waals surface area contributed by atoms with Crippen LogP contribution in [-0.4, -0.2) is 20.3 Å². The first kappa shape index (κ1) is 6.09. The molecule has 5 nitrogen and oxygen atoms in total. The van der Waals surface area contributed by atoms with E-state index < -0.39 is 0 Å². The van der Waals surface area contributed by atoms with Crippen LogP contribution in [0.4, 0.5) is 0 Å². The lowest BCUT2D eigenvalue weighted by Crippen LogP contribution is -1.78. The van der Waals surface area contributed by atoms with Gasteiger partial charge in [-0.1, -0.05) is 5.16 Å². The molecule has 0 saturated heterocycles. The van der Waals surface area contributed by atoms with Gasteiger partial charge in [0.2, 0.25) is 5.82 Å². The van der Waals surface area contributed by atoms with Gasteiger partial charge in [0.1, 0.15) is 12.1 Å². The van der Waals surface area contributed by atoms with Crippen LogP contribution >= 0.6 is 0 Å². The van der Waals surface area contributed by atoms with Gasteiger partial charge in [-0.2, -0.15) is 5.10 Å². The van der Waals surface area contributed by atoms with Crippen molar-refractivity contribution >= 4 is 0 Å². The van der Waals surface area contributed by atoms with Gasteiger partial charge in [0.15, 0.2) is 5.69 Å². The number of nitrogens with zero attached hydrogens (tertiary/aromatic N) is 3. The molecule has 0 unspecified atom stereocenters. The lowest BCUT2D eigenvalue weighted by Gasteiger charge is -1.78. The monoisotopic (exact) mass is 150 g/mol. The lowest BCUT2D eigenvalue weighted by atomic mass is 10.4. The van der Waals surface area contributed by atoms with Crippen molar-refractivity contribution in [3.05, 3.63) is 18.2 Å². The highest BCUT2D eigenvalue weighted by Crippen LogP contribution is 2.11. The zero-order chi connectivity index (χ0) is 7.68. The van der Waals surface area contributed by atoms with Crippen molar-refractivity contribution < 1.29 is 4.52 Å². The van der Waals surface area contributed by atoms with Crippen molar-refractivity contribution in [1.82, 2.24) is 20.3 Å². The fraction of sp³-hybridized carbons (Fsp3) is 0.167. The Morgan fingerprint density at radius 3 is 3.00 bits per heavy atom. The second kappa shape index (κ2) is 2.19. The molecule has 2 aromatic heterocycles. The molecule has 0 spiro atoms. The third kappa shape index (κ3) is 1.000. The summed E-state index contributed by atoms with van der Waals surface area (Å²) in [5.41, 5.74) is 0.656. The molecule has 1 N–H and O–H groups in total. The minimum Gasteiger partial charge on any atom is -0.361 e. The normalized spacial score (nSPS) is 10.3. The van der Waals surface area contributed by atoms with Crippen LogP contribution < -0.4 is 0 Å². The molecule has 0 fully saturated rings. The fourth-order valence-electron chi connectivity index (χ4n) is 0.804. The molecule has 0 aliphatic rings. The molecule has 0 amide bonds. The summed E-state index contributed by atoms with van der Waals surface area (Å²) in [6.45, 7) is 1.82. The van der Waals surface area contributed by atoms with Gasteiger partial charge in [-0.3, -0.25) is 5.10 Å². The maximum absolute atomic E-state index is 4.84. The summed E-state index contributed by atoms with van der Waals surface area (Å²) in [7, 11) is 0. The van der Waals surface area contributed by atoms with Crippen LogP contribution in [0.1, 0.15) is 5.76 Å². The third-order valence-electron chi connectivity index (χ3n) is 1.27. The molecule has 11 heavy (non-hydrogen) atoms. The van der Waals surface area contributed by atoms with Crippen molar-refractivity contribution in [2.24, 2.45) is 0 Å². The Kier molecular flexibility index (Phi) is 1.21. The molecule has 2 aromatic rings. The predicted molar refractivity (Wildman–Crippen MR) is 36.6 cm³/mol. The number of hydrogen-bond acceptors (Lipinski definition) is 4. The number of rotatable bonds is 1. The van der Waals surface area contributed by atoms with Gasteiger partial charge in [0.25, 0.3) is 0 Å². The lowest BCUT2D eigenvalue weighted by molar-refractivity contribution is 0.399. The molecule has 0 atom stereocenters. The first-order chi connectivity index (χ1) is 5.36. The summed E-state index contributed by atoms with van der Waals surface area (Å²) in [6, 6.07) is 1.78. The Bertz CT molecular complexity index is 337. The Hall–Kier alpha value is -1.65. The molecule has 56 valence electrons. The first-order valence-electron chi connectivity index (χ1n) is 3.16. The zero-order valence-corrected chi connectivity index (χ0v) is 5.90. The third-order valence-corrected chi connectivity index (χ3v) is 1.27. The maximum atomic E-state index is 4.84. The molecule has 0 aromatic carbocycles. The second-order valence-electron chi connectivity index (χ2n) is 2.15. The number of aromatic amines is 1. The SMILES string of the molecule is Cc1cc(-c2nc[nH]n2)no1. The van der Waals surface area contributed by atoms with Gasteiger partial charge >= 0.3 is 0 Å². The average molecular weight is 150 g/mol. The van der Waals surface area contributed by atoms with Crippen molar-refractivity contribution in [2.75, 3.05) is 0 Å². The Labute approximate surface area is 62.4 Å². The standard InChI is InChI=1S/C6H6N4O/c1-4-2-5(10-11-4)6-7-3-8-9-6/h2-3H,1H3,(H,7,8,9). The van der Waals surface area contributed by atoms with Gasteiger partial charge in [0, 0.05) is 6.07 Å². The minimum absolute atomic E-state index is 0.557. The summed E-state index contributed by atoms with van der Waals surface area (Å²) in [6.07, 6.45) is 1.50. The van der Waals surface area contributed by atoms with E-state index in [-0.39, 0.29) is 0 Å². The van der Waals surface area contributed by atoms with Crippen LogP contribution in [-0.2, 0) is 0 Å². The van der Waals surface area contributed by atoms with E-state index in [1.165, 1.54) is 6.33 Å². The number of aryl methyl sites for hydroxylation is 1. The molecule has 2 heterocycles. The van der Waals surface area contributed by atoms with E-state index in [4.69, 9.17) is 4.52 Å². The van der Waals surface area contributed by atoms with E-state index in [1.807, 2.05) is 6.92 Å². The Balaban J connectivity index is 2.45. The quantitative estimate of drug-likeness (QED) is 0.651. The molecule has 0 saturated carbocycles. The maximum Gasteiger partial charge on any atom is 0.203 e. The van der Waals surface area contributed by atoms with Gasteiger partial charge in [-0.05, 0) is 6.92 Å². The largest absolute Gasteiger partial charge is 0.361 e. The summed E-state index contributed by atoms with van der Waals surface area (Å²) in [5.74, 6) is 1.31. The van der Waals surface area contributed by atoms with Crippen LogP contribution in [0.5, 0.6) is 0 Å². The first-order valence-corrected chi connectivity index (χ1v) is 3.16. The summed E-state index contributed by atoms with van der Waals surface area (Å²) >= 11 is 0. The Morgan fingerprint density at radius 2 is 2.45 bits per heavy atom. The highest BCUT2D eigenvalue weighted by Gasteiger charge is 2.05. The topological polar surface area (TPSA) is 67.6 Å². The van der Waals surface area contributed by atoms with E-state index in [2.05, 4.69) is 20.3 Å². The van der Waals surface area contributed by atoms with Crippen LogP contribution in [0.25, 0.3) is 11.5 Å². The number of aromatic nitrogens is 4. The van der Waals surface area contributed by atoms with E-state index in [9.17, 15) is 0 Å². The molecule has 2 rings (SSSR count). The van der Waals surface area contributed by atoms with Crippen molar-refractivity contribution in [3.8, 4) is 11.5 Å². The van der Waals surface area contributed by atoms with Gasteiger partial charge in [-0.15, -0.1) is 0 Å². The highest BCUT2D eigenvalue weighted by atomic mass is 16.5. The van der Waals surface area contributed by atoms with Gasteiger partial charge < -0.3 is 4.52 Å². The molecule has 0 aliphatic heterocycles. The second-order valence-corrected chi connectivity index (χ2v) is 2.15.